The van der Waals surface area contributed by atoms with Crippen molar-refractivity contribution in [1.82, 2.24) is 5.32 Å². The van der Waals surface area contributed by atoms with Crippen LogP contribution in [-0.4, -0.2) is 13.6 Å². The van der Waals surface area contributed by atoms with Crippen molar-refractivity contribution in [3.8, 4) is 0 Å². The van der Waals surface area contributed by atoms with Gasteiger partial charge in [0.25, 0.3) is 0 Å². The molecule has 2 heteroatoms. The van der Waals surface area contributed by atoms with Gasteiger partial charge in [0.1, 0.15) is 0 Å². The number of hydrogen-bond acceptors (Lipinski definition) is 1. The van der Waals surface area contributed by atoms with Gasteiger partial charge in [-0.05, 0) is 37.1 Å². The minimum Gasteiger partial charge on any atom is -0.319 e. The van der Waals surface area contributed by atoms with Crippen molar-refractivity contribution in [3.05, 3.63) is 34.9 Å². The predicted molar refractivity (Wildman–Crippen MR) is 90.7 cm³/mol. The highest BCUT2D eigenvalue weighted by molar-refractivity contribution is 6.30. The van der Waals surface area contributed by atoms with Crippen LogP contribution < -0.4 is 5.32 Å². The SMILES string of the molecule is CCCCCCCCCC(CNC)c1ccc(Cl)cc1. The van der Waals surface area contributed by atoms with Gasteiger partial charge < -0.3 is 5.32 Å². The summed E-state index contributed by atoms with van der Waals surface area (Å²) in [6, 6.07) is 8.35. The van der Waals surface area contributed by atoms with Crippen molar-refractivity contribution in [2.24, 2.45) is 0 Å². The highest BCUT2D eigenvalue weighted by Gasteiger charge is 2.10. The Kier molecular flexibility index (Phi) is 9.78. The van der Waals surface area contributed by atoms with Gasteiger partial charge in [0.2, 0.25) is 0 Å². The second-order valence-corrected chi connectivity index (χ2v) is 6.15. The molecule has 0 bridgehead atoms. The van der Waals surface area contributed by atoms with Gasteiger partial charge in [0.15, 0.2) is 0 Å². The summed E-state index contributed by atoms with van der Waals surface area (Å²) in [5.74, 6) is 0.618. The van der Waals surface area contributed by atoms with Crippen molar-refractivity contribution in [1.29, 1.82) is 0 Å². The zero-order valence-electron chi connectivity index (χ0n) is 13.1. The summed E-state index contributed by atoms with van der Waals surface area (Å²) >= 11 is 5.97. The fourth-order valence-electron chi connectivity index (χ4n) is 2.72. The lowest BCUT2D eigenvalue weighted by Crippen LogP contribution is -2.17. The first-order chi connectivity index (χ1) is 9.77. The Morgan fingerprint density at radius 2 is 1.55 bits per heavy atom. The molecule has 1 aromatic carbocycles. The minimum absolute atomic E-state index is 0.618. The molecule has 1 N–H and O–H groups in total. The summed E-state index contributed by atoms with van der Waals surface area (Å²) in [5.41, 5.74) is 1.41. The van der Waals surface area contributed by atoms with E-state index in [1.165, 1.54) is 56.9 Å². The normalized spacial score (nSPS) is 12.6. The van der Waals surface area contributed by atoms with Gasteiger partial charge in [-0.2, -0.15) is 0 Å². The second-order valence-electron chi connectivity index (χ2n) is 5.72. The summed E-state index contributed by atoms with van der Waals surface area (Å²) in [4.78, 5) is 0. The Labute approximate surface area is 130 Å². The molecule has 0 aliphatic rings. The molecule has 0 aliphatic heterocycles. The van der Waals surface area contributed by atoms with Crippen LogP contribution in [0.3, 0.4) is 0 Å². The third-order valence-corrected chi connectivity index (χ3v) is 4.20. The Bertz CT molecular complexity index is 334. The van der Waals surface area contributed by atoms with E-state index in [1.54, 1.807) is 0 Å². The zero-order chi connectivity index (χ0) is 14.6. The number of hydrogen-bond donors (Lipinski definition) is 1. The van der Waals surface area contributed by atoms with Crippen molar-refractivity contribution in [2.45, 2.75) is 64.2 Å². The van der Waals surface area contributed by atoms with Gasteiger partial charge in [-0.15, -0.1) is 0 Å². The standard InChI is InChI=1S/C18H30ClN/c1-3-4-5-6-7-8-9-10-17(15-20-2)16-11-13-18(19)14-12-16/h11-14,17,20H,3-10,15H2,1-2H3. The fraction of sp³-hybridized carbons (Fsp3) is 0.667. The molecule has 0 amide bonds. The van der Waals surface area contributed by atoms with Gasteiger partial charge in [0, 0.05) is 11.6 Å². The van der Waals surface area contributed by atoms with Gasteiger partial charge in [0.05, 0.1) is 0 Å². The molecular weight excluding hydrogens is 266 g/mol. The first-order valence-corrected chi connectivity index (χ1v) is 8.55. The first kappa shape index (κ1) is 17.5. The van der Waals surface area contributed by atoms with E-state index in [1.807, 2.05) is 19.2 Å². The van der Waals surface area contributed by atoms with E-state index < -0.39 is 0 Å². The average Bonchev–Trinajstić information content (AvgIpc) is 2.46. The van der Waals surface area contributed by atoms with Crippen LogP contribution in [0.25, 0.3) is 0 Å². The molecule has 0 aliphatic carbocycles. The number of halogens is 1. The molecule has 0 radical (unpaired) electrons. The molecule has 1 rings (SSSR count). The summed E-state index contributed by atoms with van der Waals surface area (Å²) < 4.78 is 0. The van der Waals surface area contributed by atoms with Crippen molar-refractivity contribution < 1.29 is 0 Å². The Morgan fingerprint density at radius 3 is 2.15 bits per heavy atom. The van der Waals surface area contributed by atoms with Crippen LogP contribution >= 0.6 is 11.6 Å². The van der Waals surface area contributed by atoms with Crippen LogP contribution in [0.4, 0.5) is 0 Å². The van der Waals surface area contributed by atoms with E-state index >= 15 is 0 Å². The molecule has 114 valence electrons. The molecule has 0 fully saturated rings. The second kappa shape index (κ2) is 11.2. The number of nitrogens with one attached hydrogen (secondary N) is 1. The van der Waals surface area contributed by atoms with Gasteiger partial charge >= 0.3 is 0 Å². The summed E-state index contributed by atoms with van der Waals surface area (Å²) in [7, 11) is 2.04. The molecular formula is C18H30ClN. The quantitative estimate of drug-likeness (QED) is 0.510. The van der Waals surface area contributed by atoms with E-state index in [0.717, 1.165) is 11.6 Å². The molecule has 0 spiro atoms. The first-order valence-electron chi connectivity index (χ1n) is 8.18. The lowest BCUT2D eigenvalue weighted by atomic mass is 9.93. The topological polar surface area (TPSA) is 12.0 Å². The maximum atomic E-state index is 5.97. The molecule has 1 aromatic rings. The van der Waals surface area contributed by atoms with Crippen LogP contribution in [0.15, 0.2) is 24.3 Å². The molecule has 1 unspecified atom stereocenters. The molecule has 0 aromatic heterocycles. The summed E-state index contributed by atoms with van der Waals surface area (Å²) in [6.07, 6.45) is 10.9. The minimum atomic E-state index is 0.618. The average molecular weight is 296 g/mol. The van der Waals surface area contributed by atoms with Crippen LogP contribution in [0.2, 0.25) is 5.02 Å². The van der Waals surface area contributed by atoms with E-state index in [4.69, 9.17) is 11.6 Å². The van der Waals surface area contributed by atoms with E-state index in [-0.39, 0.29) is 0 Å². The molecule has 0 saturated heterocycles. The lowest BCUT2D eigenvalue weighted by Gasteiger charge is -2.17. The Hall–Kier alpha value is -0.530. The number of benzene rings is 1. The monoisotopic (exact) mass is 295 g/mol. The van der Waals surface area contributed by atoms with Crippen molar-refractivity contribution in [2.75, 3.05) is 13.6 Å². The maximum absolute atomic E-state index is 5.97. The highest BCUT2D eigenvalue weighted by atomic mass is 35.5. The number of unbranched alkanes of at least 4 members (excludes halogenated alkanes) is 6. The highest BCUT2D eigenvalue weighted by Crippen LogP contribution is 2.24. The lowest BCUT2D eigenvalue weighted by molar-refractivity contribution is 0.519. The Balaban J connectivity index is 2.27. The van der Waals surface area contributed by atoms with Crippen molar-refractivity contribution >= 4 is 11.6 Å². The van der Waals surface area contributed by atoms with Crippen molar-refractivity contribution in [3.63, 3.8) is 0 Å². The van der Waals surface area contributed by atoms with Gasteiger partial charge in [-0.25, -0.2) is 0 Å². The molecule has 0 saturated carbocycles. The van der Waals surface area contributed by atoms with E-state index in [9.17, 15) is 0 Å². The summed E-state index contributed by atoms with van der Waals surface area (Å²) in [5, 5.41) is 4.14. The van der Waals surface area contributed by atoms with Crippen LogP contribution in [0.1, 0.15) is 69.8 Å². The number of likely N-dealkylation sites (N-methyl/N-ethyl adjacent to an activating group) is 1. The van der Waals surface area contributed by atoms with Crippen LogP contribution in [-0.2, 0) is 0 Å². The van der Waals surface area contributed by atoms with Gasteiger partial charge in [-0.3, -0.25) is 0 Å². The Morgan fingerprint density at radius 1 is 0.950 bits per heavy atom. The zero-order valence-corrected chi connectivity index (χ0v) is 13.9. The van der Waals surface area contributed by atoms with Crippen LogP contribution in [0, 0.1) is 0 Å². The number of rotatable bonds is 11. The largest absolute Gasteiger partial charge is 0.319 e. The van der Waals surface area contributed by atoms with Crippen LogP contribution in [0.5, 0.6) is 0 Å². The maximum Gasteiger partial charge on any atom is 0.0406 e. The molecule has 0 heterocycles. The van der Waals surface area contributed by atoms with E-state index in [2.05, 4.69) is 24.4 Å². The summed E-state index contributed by atoms with van der Waals surface area (Å²) in [6.45, 7) is 3.33. The van der Waals surface area contributed by atoms with Gasteiger partial charge in [-0.1, -0.05) is 75.6 Å². The molecule has 1 nitrogen and oxygen atoms in total. The molecule has 20 heavy (non-hydrogen) atoms. The van der Waals surface area contributed by atoms with E-state index in [0.29, 0.717) is 5.92 Å². The smallest absolute Gasteiger partial charge is 0.0406 e. The fourth-order valence-corrected chi connectivity index (χ4v) is 2.84. The molecule has 1 atom stereocenters. The third kappa shape index (κ3) is 7.31. The third-order valence-electron chi connectivity index (χ3n) is 3.95. The predicted octanol–water partition coefficient (Wildman–Crippen LogP) is 5.78.